The molecular weight excluding hydrogens is 368 g/mol. The molecule has 0 saturated carbocycles. The van der Waals surface area contributed by atoms with Gasteiger partial charge in [-0.2, -0.15) is 5.26 Å². The number of hydrogen-bond acceptors (Lipinski definition) is 4. The van der Waals surface area contributed by atoms with Crippen molar-refractivity contribution in [2.24, 2.45) is 0 Å². The van der Waals surface area contributed by atoms with Crippen LogP contribution in [0.1, 0.15) is 53.1 Å². The third-order valence-corrected chi connectivity index (χ3v) is 5.48. The van der Waals surface area contributed by atoms with E-state index in [1.54, 1.807) is 6.20 Å². The van der Waals surface area contributed by atoms with Gasteiger partial charge in [-0.15, -0.1) is 0 Å². The molecule has 0 spiro atoms. The Labute approximate surface area is 179 Å². The Bertz CT molecular complexity index is 956. The number of anilines is 1. The monoisotopic (exact) mass is 398 g/mol. The van der Waals surface area contributed by atoms with Crippen LogP contribution in [-0.4, -0.2) is 11.5 Å². The molecule has 3 N–H and O–H groups in total. The van der Waals surface area contributed by atoms with Crippen LogP contribution in [0.3, 0.4) is 0 Å². The lowest BCUT2D eigenvalue weighted by molar-refractivity contribution is 0.479. The second-order valence-electron chi connectivity index (χ2n) is 7.77. The van der Waals surface area contributed by atoms with Gasteiger partial charge in [-0.05, 0) is 74.0 Å². The van der Waals surface area contributed by atoms with Crippen molar-refractivity contribution in [1.82, 2.24) is 10.3 Å². The van der Waals surface area contributed by atoms with Crippen molar-refractivity contribution in [3.05, 3.63) is 94.7 Å². The number of nitrogens with one attached hydrogen (secondary N) is 1. The van der Waals surface area contributed by atoms with E-state index in [1.807, 2.05) is 30.3 Å². The van der Waals surface area contributed by atoms with Crippen LogP contribution in [-0.2, 0) is 12.8 Å². The molecule has 1 aromatic heterocycles. The van der Waals surface area contributed by atoms with Crippen LogP contribution in [0.5, 0.6) is 0 Å². The average Bonchev–Trinajstić information content (AvgIpc) is 2.77. The standard InChI is InChI=1S/C26H30N4/c1-20-8-14-23(15-9-20)25(7-3-2-5-24-6-4-17-30-26(24)28)29-18-16-21-10-12-22(19-27)13-11-21/h4,6,8-15,17,25,29H,2-3,5,7,16,18H2,1H3,(H2,28,30)/t25-/m0/s1. The van der Waals surface area contributed by atoms with Crippen molar-refractivity contribution in [2.75, 3.05) is 12.3 Å². The Hall–Kier alpha value is -3.16. The number of nitriles is 1. The fourth-order valence-electron chi connectivity index (χ4n) is 3.65. The van der Waals surface area contributed by atoms with Crippen LogP contribution in [0.25, 0.3) is 0 Å². The highest BCUT2D eigenvalue weighted by Gasteiger charge is 2.11. The molecule has 0 aliphatic rings. The molecule has 0 fully saturated rings. The fourth-order valence-corrected chi connectivity index (χ4v) is 3.65. The topological polar surface area (TPSA) is 74.7 Å². The average molecular weight is 399 g/mol. The van der Waals surface area contributed by atoms with E-state index in [1.165, 1.54) is 16.7 Å². The Morgan fingerprint density at radius 1 is 1.00 bits per heavy atom. The van der Waals surface area contributed by atoms with E-state index in [9.17, 15) is 0 Å². The first kappa shape index (κ1) is 21.5. The highest BCUT2D eigenvalue weighted by atomic mass is 14.9. The quantitative estimate of drug-likeness (QED) is 0.464. The first-order chi connectivity index (χ1) is 14.7. The van der Waals surface area contributed by atoms with Gasteiger partial charge < -0.3 is 11.1 Å². The molecular formula is C26H30N4. The molecule has 2 aromatic carbocycles. The molecule has 0 bridgehead atoms. The minimum atomic E-state index is 0.329. The van der Waals surface area contributed by atoms with E-state index in [2.05, 4.69) is 53.6 Å². The number of pyridine rings is 1. The summed E-state index contributed by atoms with van der Waals surface area (Å²) in [7, 11) is 0. The van der Waals surface area contributed by atoms with Gasteiger partial charge in [-0.3, -0.25) is 0 Å². The summed E-state index contributed by atoms with van der Waals surface area (Å²) in [6.07, 6.45) is 6.94. The van der Waals surface area contributed by atoms with Gasteiger partial charge in [-0.1, -0.05) is 54.4 Å². The van der Waals surface area contributed by atoms with Crippen LogP contribution < -0.4 is 11.1 Å². The van der Waals surface area contributed by atoms with Gasteiger partial charge in [0.05, 0.1) is 11.6 Å². The van der Waals surface area contributed by atoms with Crippen LogP contribution in [0.15, 0.2) is 66.9 Å². The SMILES string of the molecule is Cc1ccc([C@H](CCCCc2cccnc2N)NCCc2ccc(C#N)cc2)cc1. The molecule has 0 radical (unpaired) electrons. The normalized spacial score (nSPS) is 11.7. The van der Waals surface area contributed by atoms with Crippen molar-refractivity contribution in [3.63, 3.8) is 0 Å². The number of aryl methyl sites for hydroxylation is 2. The summed E-state index contributed by atoms with van der Waals surface area (Å²) >= 11 is 0. The van der Waals surface area contributed by atoms with E-state index in [-0.39, 0.29) is 0 Å². The minimum absolute atomic E-state index is 0.329. The molecule has 0 aliphatic heterocycles. The van der Waals surface area contributed by atoms with Crippen molar-refractivity contribution >= 4 is 5.82 Å². The summed E-state index contributed by atoms with van der Waals surface area (Å²) in [4.78, 5) is 4.18. The zero-order valence-corrected chi connectivity index (χ0v) is 17.6. The van der Waals surface area contributed by atoms with Crippen molar-refractivity contribution in [1.29, 1.82) is 5.26 Å². The van der Waals surface area contributed by atoms with Gasteiger partial charge >= 0.3 is 0 Å². The maximum atomic E-state index is 8.94. The van der Waals surface area contributed by atoms with E-state index < -0.39 is 0 Å². The van der Waals surface area contributed by atoms with Gasteiger partial charge in [0.25, 0.3) is 0 Å². The van der Waals surface area contributed by atoms with Crippen molar-refractivity contribution in [3.8, 4) is 6.07 Å². The lowest BCUT2D eigenvalue weighted by Gasteiger charge is -2.20. The van der Waals surface area contributed by atoms with E-state index in [4.69, 9.17) is 11.0 Å². The number of nitrogens with two attached hydrogens (primary N) is 1. The Morgan fingerprint density at radius 2 is 1.77 bits per heavy atom. The minimum Gasteiger partial charge on any atom is -0.383 e. The largest absolute Gasteiger partial charge is 0.383 e. The van der Waals surface area contributed by atoms with Crippen LogP contribution in [0, 0.1) is 18.3 Å². The molecule has 0 saturated heterocycles. The van der Waals surface area contributed by atoms with E-state index in [0.29, 0.717) is 17.4 Å². The molecule has 4 heteroatoms. The molecule has 154 valence electrons. The Balaban J connectivity index is 1.54. The van der Waals surface area contributed by atoms with Crippen molar-refractivity contribution < 1.29 is 0 Å². The highest BCUT2D eigenvalue weighted by Crippen LogP contribution is 2.21. The third kappa shape index (κ3) is 6.43. The van der Waals surface area contributed by atoms with Gasteiger partial charge in [0, 0.05) is 12.2 Å². The molecule has 1 atom stereocenters. The zero-order valence-electron chi connectivity index (χ0n) is 17.6. The Morgan fingerprint density at radius 3 is 2.47 bits per heavy atom. The number of nitrogen functional groups attached to an aromatic ring is 1. The van der Waals surface area contributed by atoms with Gasteiger partial charge in [0.1, 0.15) is 5.82 Å². The smallest absolute Gasteiger partial charge is 0.126 e. The second kappa shape index (κ2) is 11.1. The van der Waals surface area contributed by atoms with Crippen LogP contribution >= 0.6 is 0 Å². The molecule has 0 amide bonds. The van der Waals surface area contributed by atoms with Crippen LogP contribution in [0.2, 0.25) is 0 Å². The summed E-state index contributed by atoms with van der Waals surface area (Å²) in [5, 5.41) is 12.7. The van der Waals surface area contributed by atoms with Gasteiger partial charge in [0.15, 0.2) is 0 Å². The van der Waals surface area contributed by atoms with Crippen molar-refractivity contribution in [2.45, 2.75) is 45.1 Å². The van der Waals surface area contributed by atoms with E-state index in [0.717, 1.165) is 44.2 Å². The zero-order chi connectivity index (χ0) is 21.2. The summed E-state index contributed by atoms with van der Waals surface area (Å²) in [6.45, 7) is 3.02. The lowest BCUT2D eigenvalue weighted by Crippen LogP contribution is -2.24. The summed E-state index contributed by atoms with van der Waals surface area (Å²) in [6, 6.07) is 23.2. The summed E-state index contributed by atoms with van der Waals surface area (Å²) in [5.74, 6) is 0.646. The first-order valence-electron chi connectivity index (χ1n) is 10.6. The van der Waals surface area contributed by atoms with Crippen LogP contribution in [0.4, 0.5) is 5.82 Å². The number of rotatable bonds is 10. The fraction of sp³-hybridized carbons (Fsp3) is 0.308. The van der Waals surface area contributed by atoms with Gasteiger partial charge in [-0.25, -0.2) is 4.98 Å². The molecule has 3 aromatic rings. The predicted molar refractivity (Wildman–Crippen MR) is 123 cm³/mol. The second-order valence-corrected chi connectivity index (χ2v) is 7.77. The summed E-state index contributed by atoms with van der Waals surface area (Å²) in [5.41, 5.74) is 11.7. The number of aromatic nitrogens is 1. The van der Waals surface area contributed by atoms with E-state index >= 15 is 0 Å². The molecule has 1 heterocycles. The molecule has 0 unspecified atom stereocenters. The highest BCUT2D eigenvalue weighted by molar-refractivity contribution is 5.38. The first-order valence-corrected chi connectivity index (χ1v) is 10.6. The number of unbranched alkanes of at least 4 members (excludes halogenated alkanes) is 1. The summed E-state index contributed by atoms with van der Waals surface area (Å²) < 4.78 is 0. The number of benzene rings is 2. The molecule has 4 nitrogen and oxygen atoms in total. The lowest BCUT2D eigenvalue weighted by atomic mass is 9.98. The number of nitrogens with zero attached hydrogens (tertiary/aromatic N) is 2. The maximum Gasteiger partial charge on any atom is 0.126 e. The van der Waals surface area contributed by atoms with Gasteiger partial charge in [0.2, 0.25) is 0 Å². The number of hydrogen-bond donors (Lipinski definition) is 2. The molecule has 3 rings (SSSR count). The predicted octanol–water partition coefficient (Wildman–Crippen LogP) is 5.13. The Kier molecular flexibility index (Phi) is 8.00. The maximum absolute atomic E-state index is 8.94. The molecule has 0 aliphatic carbocycles. The third-order valence-electron chi connectivity index (χ3n) is 5.48. The molecule has 30 heavy (non-hydrogen) atoms.